The van der Waals surface area contributed by atoms with E-state index in [1.165, 1.54) is 0 Å². The molecule has 0 aromatic carbocycles. The summed E-state index contributed by atoms with van der Waals surface area (Å²) in [6.45, 7) is 7.35. The van der Waals surface area contributed by atoms with Crippen LogP contribution < -0.4 is 0 Å². The van der Waals surface area contributed by atoms with Crippen LogP contribution in [-0.4, -0.2) is 24.4 Å². The first-order valence-electron chi connectivity index (χ1n) is 4.54. The standard InChI is InChI=1S/C9H17ClO2/c1-4-11-8(12-5-2)7-6-9(7,3)10/h7-8H,4-6H2,1-3H3. The van der Waals surface area contributed by atoms with Crippen LogP contribution in [0.2, 0.25) is 0 Å². The monoisotopic (exact) mass is 192 g/mol. The predicted octanol–water partition coefficient (Wildman–Crippen LogP) is 2.40. The fourth-order valence-corrected chi connectivity index (χ4v) is 1.63. The largest absolute Gasteiger partial charge is 0.353 e. The summed E-state index contributed by atoms with van der Waals surface area (Å²) >= 11 is 6.11. The molecule has 0 radical (unpaired) electrons. The molecule has 2 unspecified atom stereocenters. The van der Waals surface area contributed by atoms with E-state index in [0.717, 1.165) is 6.42 Å². The van der Waals surface area contributed by atoms with Crippen LogP contribution in [0.3, 0.4) is 0 Å². The molecule has 0 amide bonds. The molecule has 2 atom stereocenters. The van der Waals surface area contributed by atoms with Gasteiger partial charge in [-0.3, -0.25) is 0 Å². The van der Waals surface area contributed by atoms with E-state index in [4.69, 9.17) is 21.1 Å². The smallest absolute Gasteiger partial charge is 0.162 e. The van der Waals surface area contributed by atoms with E-state index in [0.29, 0.717) is 19.1 Å². The Morgan fingerprint density at radius 2 is 1.83 bits per heavy atom. The molecule has 1 fully saturated rings. The van der Waals surface area contributed by atoms with Crippen LogP contribution in [0.5, 0.6) is 0 Å². The van der Waals surface area contributed by atoms with Gasteiger partial charge in [-0.1, -0.05) is 0 Å². The maximum absolute atomic E-state index is 6.11. The second-order valence-electron chi connectivity index (χ2n) is 3.37. The molecule has 3 heteroatoms. The zero-order valence-electron chi connectivity index (χ0n) is 7.97. The molecule has 0 bridgehead atoms. The van der Waals surface area contributed by atoms with Crippen molar-refractivity contribution in [3.63, 3.8) is 0 Å². The van der Waals surface area contributed by atoms with Crippen LogP contribution in [0.1, 0.15) is 27.2 Å². The van der Waals surface area contributed by atoms with Crippen LogP contribution >= 0.6 is 11.6 Å². The number of hydrogen-bond donors (Lipinski definition) is 0. The van der Waals surface area contributed by atoms with Gasteiger partial charge < -0.3 is 9.47 Å². The number of hydrogen-bond acceptors (Lipinski definition) is 2. The van der Waals surface area contributed by atoms with Crippen molar-refractivity contribution in [3.8, 4) is 0 Å². The van der Waals surface area contributed by atoms with Crippen LogP contribution in [0.4, 0.5) is 0 Å². The molecule has 0 aromatic heterocycles. The summed E-state index contributed by atoms with van der Waals surface area (Å²) in [4.78, 5) is -0.0883. The van der Waals surface area contributed by atoms with E-state index in [1.807, 2.05) is 20.8 Å². The van der Waals surface area contributed by atoms with Crippen LogP contribution in [-0.2, 0) is 9.47 Å². The maximum Gasteiger partial charge on any atom is 0.162 e. The van der Waals surface area contributed by atoms with E-state index in [2.05, 4.69) is 0 Å². The van der Waals surface area contributed by atoms with Crippen molar-refractivity contribution in [2.24, 2.45) is 5.92 Å². The number of alkyl halides is 1. The summed E-state index contributed by atoms with van der Waals surface area (Å²) in [5.74, 6) is 0.374. The van der Waals surface area contributed by atoms with E-state index in [1.54, 1.807) is 0 Å². The quantitative estimate of drug-likeness (QED) is 0.492. The average Bonchev–Trinajstić information content (AvgIpc) is 2.60. The first kappa shape index (κ1) is 10.3. The molecule has 1 rings (SSSR count). The topological polar surface area (TPSA) is 18.5 Å². The molecule has 0 saturated heterocycles. The number of rotatable bonds is 5. The molecular weight excluding hydrogens is 176 g/mol. The van der Waals surface area contributed by atoms with Crippen molar-refractivity contribution in [3.05, 3.63) is 0 Å². The molecule has 1 saturated carbocycles. The van der Waals surface area contributed by atoms with E-state index in [-0.39, 0.29) is 11.2 Å². The summed E-state index contributed by atoms with van der Waals surface area (Å²) in [7, 11) is 0. The Morgan fingerprint density at radius 3 is 2.08 bits per heavy atom. The molecule has 12 heavy (non-hydrogen) atoms. The van der Waals surface area contributed by atoms with Crippen molar-refractivity contribution in [2.45, 2.75) is 38.4 Å². The van der Waals surface area contributed by atoms with Gasteiger partial charge >= 0.3 is 0 Å². The maximum atomic E-state index is 6.11. The van der Waals surface area contributed by atoms with Crippen molar-refractivity contribution >= 4 is 11.6 Å². The van der Waals surface area contributed by atoms with Crippen molar-refractivity contribution in [1.82, 2.24) is 0 Å². The first-order valence-corrected chi connectivity index (χ1v) is 4.91. The lowest BCUT2D eigenvalue weighted by Gasteiger charge is -2.17. The molecule has 0 aromatic rings. The predicted molar refractivity (Wildman–Crippen MR) is 49.4 cm³/mol. The Bertz CT molecular complexity index is 141. The first-order chi connectivity index (χ1) is 5.61. The van der Waals surface area contributed by atoms with Gasteiger partial charge in [0.15, 0.2) is 6.29 Å². The molecule has 0 aliphatic heterocycles. The van der Waals surface area contributed by atoms with Gasteiger partial charge in [0.05, 0.1) is 4.87 Å². The summed E-state index contributed by atoms with van der Waals surface area (Å²) in [5.41, 5.74) is 0. The third-order valence-electron chi connectivity index (χ3n) is 2.22. The van der Waals surface area contributed by atoms with Crippen LogP contribution in [0, 0.1) is 5.92 Å². The summed E-state index contributed by atoms with van der Waals surface area (Å²) < 4.78 is 10.9. The van der Waals surface area contributed by atoms with Gasteiger partial charge in [0, 0.05) is 19.1 Å². The molecule has 72 valence electrons. The lowest BCUT2D eigenvalue weighted by molar-refractivity contribution is -0.149. The van der Waals surface area contributed by atoms with Gasteiger partial charge in [-0.2, -0.15) is 0 Å². The molecule has 0 spiro atoms. The van der Waals surface area contributed by atoms with Crippen molar-refractivity contribution < 1.29 is 9.47 Å². The highest BCUT2D eigenvalue weighted by atomic mass is 35.5. The van der Waals surface area contributed by atoms with Gasteiger partial charge in [0.1, 0.15) is 0 Å². The van der Waals surface area contributed by atoms with Gasteiger partial charge in [-0.25, -0.2) is 0 Å². The fourth-order valence-electron chi connectivity index (χ4n) is 1.36. The zero-order chi connectivity index (χ0) is 9.19. The Balaban J connectivity index is 2.34. The number of ether oxygens (including phenoxy) is 2. The number of halogens is 1. The highest BCUT2D eigenvalue weighted by molar-refractivity contribution is 6.25. The second kappa shape index (κ2) is 3.95. The summed E-state index contributed by atoms with van der Waals surface area (Å²) in [6.07, 6.45) is 0.904. The third-order valence-corrected chi connectivity index (χ3v) is 2.66. The molecule has 0 N–H and O–H groups in total. The molecule has 1 aliphatic carbocycles. The van der Waals surface area contributed by atoms with Gasteiger partial charge in [0.25, 0.3) is 0 Å². The Morgan fingerprint density at radius 1 is 1.42 bits per heavy atom. The second-order valence-corrected chi connectivity index (χ2v) is 4.23. The Kier molecular flexibility index (Phi) is 3.38. The van der Waals surface area contributed by atoms with Crippen molar-refractivity contribution in [2.75, 3.05) is 13.2 Å². The summed E-state index contributed by atoms with van der Waals surface area (Å²) in [5, 5.41) is 0. The highest BCUT2D eigenvalue weighted by Gasteiger charge is 2.54. The van der Waals surface area contributed by atoms with Gasteiger partial charge in [-0.05, 0) is 27.2 Å². The molecule has 1 aliphatic rings. The normalized spacial score (nSPS) is 34.2. The lowest BCUT2D eigenvalue weighted by Crippen LogP contribution is -2.22. The highest BCUT2D eigenvalue weighted by Crippen LogP contribution is 2.52. The van der Waals surface area contributed by atoms with Crippen molar-refractivity contribution in [1.29, 1.82) is 0 Å². The minimum atomic E-state index is -0.0949. The van der Waals surface area contributed by atoms with Crippen LogP contribution in [0.15, 0.2) is 0 Å². The third kappa shape index (κ3) is 2.35. The zero-order valence-corrected chi connectivity index (χ0v) is 8.73. The van der Waals surface area contributed by atoms with E-state index < -0.39 is 0 Å². The molecule has 0 heterocycles. The van der Waals surface area contributed by atoms with E-state index in [9.17, 15) is 0 Å². The molecule has 2 nitrogen and oxygen atoms in total. The van der Waals surface area contributed by atoms with Gasteiger partial charge in [0.2, 0.25) is 0 Å². The van der Waals surface area contributed by atoms with Crippen LogP contribution in [0.25, 0.3) is 0 Å². The Hall–Kier alpha value is 0.210. The molecular formula is C9H17ClO2. The minimum Gasteiger partial charge on any atom is -0.353 e. The fraction of sp³-hybridized carbons (Fsp3) is 1.00. The Labute approximate surface area is 79.2 Å². The minimum absolute atomic E-state index is 0.0883. The average molecular weight is 193 g/mol. The lowest BCUT2D eigenvalue weighted by atomic mass is 10.3. The van der Waals surface area contributed by atoms with E-state index >= 15 is 0 Å². The summed E-state index contributed by atoms with van der Waals surface area (Å²) in [6, 6.07) is 0. The SMILES string of the molecule is CCOC(OCC)C1CC1(C)Cl. The van der Waals surface area contributed by atoms with Gasteiger partial charge in [-0.15, -0.1) is 11.6 Å².